The molecular formula is C24H20FN5O. The first-order chi connectivity index (χ1) is 15.0. The third kappa shape index (κ3) is 3.18. The molecule has 31 heavy (non-hydrogen) atoms. The summed E-state index contributed by atoms with van der Waals surface area (Å²) < 4.78 is 22.3. The molecule has 0 fully saturated rings. The third-order valence-electron chi connectivity index (χ3n) is 5.46. The van der Waals surface area contributed by atoms with Crippen LogP contribution in [0.5, 0.6) is 0 Å². The van der Waals surface area contributed by atoms with Gasteiger partial charge in [-0.1, -0.05) is 35.5 Å². The van der Waals surface area contributed by atoms with Crippen LogP contribution in [0.2, 0.25) is 0 Å². The Morgan fingerprint density at radius 3 is 2.52 bits per heavy atom. The number of benzene rings is 1. The summed E-state index contributed by atoms with van der Waals surface area (Å²) in [6.45, 7) is 5.67. The van der Waals surface area contributed by atoms with Gasteiger partial charge in [0.15, 0.2) is 5.65 Å². The second kappa shape index (κ2) is 7.43. The van der Waals surface area contributed by atoms with E-state index in [1.54, 1.807) is 18.5 Å². The molecule has 0 saturated carbocycles. The number of imidazole rings is 1. The zero-order valence-corrected chi connectivity index (χ0v) is 17.4. The highest BCUT2D eigenvalue weighted by Crippen LogP contribution is 2.34. The topological polar surface area (TPSA) is 69.6 Å². The van der Waals surface area contributed by atoms with E-state index in [0.717, 1.165) is 39.5 Å². The Labute approximate surface area is 178 Å². The van der Waals surface area contributed by atoms with Crippen LogP contribution in [0.1, 0.15) is 34.6 Å². The van der Waals surface area contributed by atoms with Crippen LogP contribution in [0.3, 0.4) is 0 Å². The van der Waals surface area contributed by atoms with Gasteiger partial charge in [-0.25, -0.2) is 14.4 Å². The molecule has 0 spiro atoms. The largest absolute Gasteiger partial charge is 0.361 e. The highest BCUT2D eigenvalue weighted by atomic mass is 19.1. The summed E-state index contributed by atoms with van der Waals surface area (Å²) >= 11 is 0. The van der Waals surface area contributed by atoms with Gasteiger partial charge in [0.05, 0.1) is 11.2 Å². The van der Waals surface area contributed by atoms with Gasteiger partial charge in [0.2, 0.25) is 0 Å². The molecule has 0 radical (unpaired) electrons. The molecule has 4 aromatic heterocycles. The summed E-state index contributed by atoms with van der Waals surface area (Å²) in [5, 5.41) is 4.06. The number of hydrogen-bond acceptors (Lipinski definition) is 5. The van der Waals surface area contributed by atoms with Crippen LogP contribution < -0.4 is 0 Å². The molecule has 5 rings (SSSR count). The van der Waals surface area contributed by atoms with E-state index in [0.29, 0.717) is 11.3 Å². The van der Waals surface area contributed by atoms with Crippen molar-refractivity contribution in [2.24, 2.45) is 0 Å². The van der Waals surface area contributed by atoms with Crippen molar-refractivity contribution < 1.29 is 8.91 Å². The molecule has 0 bridgehead atoms. The SMILES string of the molecule is Cc1noc(C)c1-c1cnc2nc(C)n([C@@H](c3ccccc3)c3ncccc3F)c2c1. The van der Waals surface area contributed by atoms with E-state index >= 15 is 0 Å². The molecule has 154 valence electrons. The van der Waals surface area contributed by atoms with E-state index < -0.39 is 6.04 Å². The fourth-order valence-corrected chi connectivity index (χ4v) is 4.11. The van der Waals surface area contributed by atoms with Crippen LogP contribution in [0.4, 0.5) is 4.39 Å². The zero-order chi connectivity index (χ0) is 21.5. The molecule has 0 N–H and O–H groups in total. The number of aryl methyl sites for hydroxylation is 3. The Morgan fingerprint density at radius 2 is 1.81 bits per heavy atom. The van der Waals surface area contributed by atoms with Crippen LogP contribution >= 0.6 is 0 Å². The van der Waals surface area contributed by atoms with E-state index in [9.17, 15) is 4.39 Å². The molecule has 0 amide bonds. The Balaban J connectivity index is 1.79. The predicted octanol–water partition coefficient (Wildman–Crippen LogP) is 5.18. The van der Waals surface area contributed by atoms with Crippen LogP contribution in [0.15, 0.2) is 65.4 Å². The quantitative estimate of drug-likeness (QED) is 0.406. The standard InChI is InChI=1S/C24H20FN5O/c1-14-21(15(2)31-29-14)18-12-20-24(27-13-18)28-16(3)30(20)23(17-8-5-4-6-9-17)22-19(25)10-7-11-26-22/h4-13,23H,1-3H3/t23-/m0/s1. The van der Waals surface area contributed by atoms with E-state index in [4.69, 9.17) is 4.52 Å². The second-order valence-electron chi connectivity index (χ2n) is 7.48. The zero-order valence-electron chi connectivity index (χ0n) is 17.4. The van der Waals surface area contributed by atoms with Gasteiger partial charge in [-0.05, 0) is 44.5 Å². The van der Waals surface area contributed by atoms with Gasteiger partial charge in [0, 0.05) is 23.5 Å². The van der Waals surface area contributed by atoms with Gasteiger partial charge in [-0.2, -0.15) is 0 Å². The van der Waals surface area contributed by atoms with Crippen LogP contribution in [-0.2, 0) is 0 Å². The summed E-state index contributed by atoms with van der Waals surface area (Å²) in [6.07, 6.45) is 3.38. The molecule has 0 unspecified atom stereocenters. The molecule has 5 aromatic rings. The molecule has 0 aliphatic rings. The summed E-state index contributed by atoms with van der Waals surface area (Å²) in [4.78, 5) is 13.6. The first-order valence-corrected chi connectivity index (χ1v) is 9.97. The minimum atomic E-state index is -0.492. The van der Waals surface area contributed by atoms with Crippen molar-refractivity contribution in [3.05, 3.63) is 95.3 Å². The van der Waals surface area contributed by atoms with E-state index in [1.807, 2.05) is 61.7 Å². The Hall–Kier alpha value is -3.87. The minimum absolute atomic E-state index is 0.332. The maximum Gasteiger partial charge on any atom is 0.177 e. The number of halogens is 1. The first-order valence-electron chi connectivity index (χ1n) is 9.97. The lowest BCUT2D eigenvalue weighted by molar-refractivity contribution is 0.393. The number of aromatic nitrogens is 5. The summed E-state index contributed by atoms with van der Waals surface area (Å²) in [5.41, 5.74) is 5.18. The monoisotopic (exact) mass is 413 g/mol. The molecule has 1 aromatic carbocycles. The first kappa shape index (κ1) is 19.1. The predicted molar refractivity (Wildman–Crippen MR) is 115 cm³/mol. The third-order valence-corrected chi connectivity index (χ3v) is 5.46. The molecule has 0 saturated heterocycles. The average molecular weight is 413 g/mol. The van der Waals surface area contributed by atoms with Crippen LogP contribution in [-0.4, -0.2) is 24.7 Å². The molecule has 1 atom stereocenters. The van der Waals surface area contributed by atoms with Crippen molar-refractivity contribution in [3.8, 4) is 11.1 Å². The Bertz CT molecular complexity index is 1370. The summed E-state index contributed by atoms with van der Waals surface area (Å²) in [5.74, 6) is 1.07. The van der Waals surface area contributed by atoms with Gasteiger partial charge in [0.1, 0.15) is 29.1 Å². The molecular weight excluding hydrogens is 393 g/mol. The van der Waals surface area contributed by atoms with Crippen molar-refractivity contribution >= 4 is 11.2 Å². The molecule has 6 nitrogen and oxygen atoms in total. The minimum Gasteiger partial charge on any atom is -0.361 e. The second-order valence-corrected chi connectivity index (χ2v) is 7.48. The number of fused-ring (bicyclic) bond motifs is 1. The number of rotatable bonds is 4. The Morgan fingerprint density at radius 1 is 1.00 bits per heavy atom. The maximum atomic E-state index is 14.9. The van der Waals surface area contributed by atoms with Gasteiger partial charge in [-0.3, -0.25) is 4.98 Å². The number of pyridine rings is 2. The van der Waals surface area contributed by atoms with Gasteiger partial charge < -0.3 is 9.09 Å². The van der Waals surface area contributed by atoms with E-state index in [1.165, 1.54) is 6.07 Å². The molecule has 0 aliphatic heterocycles. The lowest BCUT2D eigenvalue weighted by Crippen LogP contribution is -2.17. The van der Waals surface area contributed by atoms with Crippen LogP contribution in [0.25, 0.3) is 22.3 Å². The lowest BCUT2D eigenvalue weighted by atomic mass is 10.0. The average Bonchev–Trinajstić information content (AvgIpc) is 3.28. The van der Waals surface area contributed by atoms with Gasteiger partial charge >= 0.3 is 0 Å². The highest BCUT2D eigenvalue weighted by molar-refractivity contribution is 5.80. The summed E-state index contributed by atoms with van der Waals surface area (Å²) in [6, 6.07) is 14.3. The van der Waals surface area contributed by atoms with Crippen LogP contribution in [0, 0.1) is 26.6 Å². The lowest BCUT2D eigenvalue weighted by Gasteiger charge is -2.22. The van der Waals surface area contributed by atoms with Gasteiger partial charge in [0.25, 0.3) is 0 Å². The normalized spacial score (nSPS) is 12.4. The smallest absolute Gasteiger partial charge is 0.177 e. The maximum absolute atomic E-state index is 14.9. The van der Waals surface area contributed by atoms with E-state index in [2.05, 4.69) is 20.1 Å². The van der Waals surface area contributed by atoms with Crippen molar-refractivity contribution in [1.29, 1.82) is 0 Å². The van der Waals surface area contributed by atoms with Gasteiger partial charge in [-0.15, -0.1) is 0 Å². The fourth-order valence-electron chi connectivity index (χ4n) is 4.11. The summed E-state index contributed by atoms with van der Waals surface area (Å²) in [7, 11) is 0. The van der Waals surface area contributed by atoms with Crippen molar-refractivity contribution in [3.63, 3.8) is 0 Å². The molecule has 4 heterocycles. The number of nitrogens with zero attached hydrogens (tertiary/aromatic N) is 5. The number of hydrogen-bond donors (Lipinski definition) is 0. The Kier molecular flexibility index (Phi) is 4.58. The van der Waals surface area contributed by atoms with E-state index in [-0.39, 0.29) is 5.82 Å². The van der Waals surface area contributed by atoms with Crippen molar-refractivity contribution in [2.45, 2.75) is 26.8 Å². The van der Waals surface area contributed by atoms with Crippen molar-refractivity contribution in [1.82, 2.24) is 24.7 Å². The van der Waals surface area contributed by atoms with Crippen molar-refractivity contribution in [2.75, 3.05) is 0 Å². The highest BCUT2D eigenvalue weighted by Gasteiger charge is 2.26. The fraction of sp³-hybridized carbons (Fsp3) is 0.167. The molecule has 7 heteroatoms. The molecule has 0 aliphatic carbocycles.